The van der Waals surface area contributed by atoms with E-state index in [0.29, 0.717) is 0 Å². The highest BCUT2D eigenvalue weighted by atomic mass is 14.9. The number of hydrogen-bond donors (Lipinski definition) is 1. The van der Waals surface area contributed by atoms with E-state index in [0.717, 1.165) is 18.2 Å². The lowest BCUT2D eigenvalue weighted by molar-refractivity contribution is -0.669. The lowest BCUT2D eigenvalue weighted by Gasteiger charge is -2.06. The summed E-state index contributed by atoms with van der Waals surface area (Å²) in [5.74, 6) is 0. The molecule has 1 aliphatic heterocycles. The summed E-state index contributed by atoms with van der Waals surface area (Å²) >= 11 is 0. The Morgan fingerprint density at radius 2 is 2.46 bits per heavy atom. The molecular formula is C11H17N2+. The fraction of sp³-hybridized carbons (Fsp3) is 0.545. The fourth-order valence-corrected chi connectivity index (χ4v) is 2.02. The van der Waals surface area contributed by atoms with Gasteiger partial charge in [0.05, 0.1) is 12.6 Å². The van der Waals surface area contributed by atoms with Gasteiger partial charge in [0, 0.05) is 30.7 Å². The summed E-state index contributed by atoms with van der Waals surface area (Å²) in [6.45, 7) is 3.36. The molecule has 2 N–H and O–H groups in total. The maximum absolute atomic E-state index is 4.52. The number of aromatic nitrogens is 1. The second-order valence-electron chi connectivity index (χ2n) is 3.90. The van der Waals surface area contributed by atoms with E-state index in [1.807, 2.05) is 0 Å². The Labute approximate surface area is 79.4 Å². The van der Waals surface area contributed by atoms with Gasteiger partial charge in [-0.1, -0.05) is 6.07 Å². The van der Waals surface area contributed by atoms with Crippen molar-refractivity contribution in [2.24, 2.45) is 0 Å². The third-order valence-corrected chi connectivity index (χ3v) is 2.70. The third-order valence-electron chi connectivity index (χ3n) is 2.70. The number of pyridine rings is 1. The average Bonchev–Trinajstić information content (AvgIpc) is 2.57. The normalized spacial score (nSPS) is 22.1. The van der Waals surface area contributed by atoms with Gasteiger partial charge < -0.3 is 5.32 Å². The molecule has 2 heterocycles. The largest absolute Gasteiger partial charge is 0.343 e. The van der Waals surface area contributed by atoms with Gasteiger partial charge in [-0.3, -0.25) is 4.98 Å². The van der Waals surface area contributed by atoms with Crippen molar-refractivity contribution in [1.82, 2.24) is 4.98 Å². The molecule has 70 valence electrons. The summed E-state index contributed by atoms with van der Waals surface area (Å²) in [7, 11) is 0. The Hall–Kier alpha value is -0.890. The smallest absolute Gasteiger partial charge is 0.0917 e. The van der Waals surface area contributed by atoms with Crippen molar-refractivity contribution in [2.75, 3.05) is 6.54 Å². The van der Waals surface area contributed by atoms with E-state index in [2.05, 4.69) is 35.4 Å². The van der Waals surface area contributed by atoms with Crippen LogP contribution in [0.3, 0.4) is 0 Å². The van der Waals surface area contributed by atoms with Gasteiger partial charge in [-0.15, -0.1) is 0 Å². The molecule has 1 atom stereocenters. The minimum Gasteiger partial charge on any atom is -0.343 e. The first-order valence-electron chi connectivity index (χ1n) is 5.10. The van der Waals surface area contributed by atoms with Gasteiger partial charge in [-0.2, -0.15) is 0 Å². The summed E-state index contributed by atoms with van der Waals surface area (Å²) < 4.78 is 0. The van der Waals surface area contributed by atoms with Crippen molar-refractivity contribution >= 4 is 0 Å². The van der Waals surface area contributed by atoms with Crippen LogP contribution in [-0.2, 0) is 6.42 Å². The molecule has 1 aliphatic rings. The van der Waals surface area contributed by atoms with Crippen LogP contribution in [0, 0.1) is 6.92 Å². The molecular weight excluding hydrogens is 160 g/mol. The molecule has 0 bridgehead atoms. The molecule has 0 amide bonds. The quantitative estimate of drug-likeness (QED) is 0.706. The summed E-state index contributed by atoms with van der Waals surface area (Å²) in [6.07, 6.45) is 3.87. The molecule has 2 heteroatoms. The van der Waals surface area contributed by atoms with Gasteiger partial charge in [-0.05, 0) is 19.1 Å². The van der Waals surface area contributed by atoms with Crippen molar-refractivity contribution in [3.05, 3.63) is 29.6 Å². The highest BCUT2D eigenvalue weighted by Gasteiger charge is 2.18. The Morgan fingerprint density at radius 3 is 3.15 bits per heavy atom. The predicted molar refractivity (Wildman–Crippen MR) is 52.5 cm³/mol. The van der Waals surface area contributed by atoms with Crippen molar-refractivity contribution in [3.8, 4) is 0 Å². The van der Waals surface area contributed by atoms with Crippen LogP contribution in [-0.4, -0.2) is 17.6 Å². The van der Waals surface area contributed by atoms with Gasteiger partial charge in [0.15, 0.2) is 0 Å². The van der Waals surface area contributed by atoms with Crippen LogP contribution in [0.4, 0.5) is 0 Å². The molecule has 0 aromatic carbocycles. The summed E-state index contributed by atoms with van der Waals surface area (Å²) in [5, 5.41) is 2.45. The molecule has 0 aliphatic carbocycles. The first kappa shape index (κ1) is 8.70. The Morgan fingerprint density at radius 1 is 1.54 bits per heavy atom. The molecule has 0 spiro atoms. The summed E-state index contributed by atoms with van der Waals surface area (Å²) in [4.78, 5) is 4.52. The number of aryl methyl sites for hydroxylation is 1. The molecule has 0 radical (unpaired) electrons. The van der Waals surface area contributed by atoms with Crippen LogP contribution in [0.15, 0.2) is 18.2 Å². The van der Waals surface area contributed by atoms with Crippen LogP contribution >= 0.6 is 0 Å². The van der Waals surface area contributed by atoms with Crippen molar-refractivity contribution < 1.29 is 5.32 Å². The van der Waals surface area contributed by atoms with E-state index >= 15 is 0 Å². The van der Waals surface area contributed by atoms with Crippen LogP contribution in [0.2, 0.25) is 0 Å². The van der Waals surface area contributed by atoms with Crippen LogP contribution < -0.4 is 5.32 Å². The number of hydrogen-bond acceptors (Lipinski definition) is 1. The van der Waals surface area contributed by atoms with Gasteiger partial charge >= 0.3 is 0 Å². The Balaban J connectivity index is 2.00. The van der Waals surface area contributed by atoms with E-state index in [4.69, 9.17) is 0 Å². The molecule has 1 aromatic heterocycles. The zero-order valence-electron chi connectivity index (χ0n) is 8.16. The standard InChI is InChI=1S/C11H16N2/c1-9-4-2-5-11(13-9)8-10-6-3-7-12-10/h2,4-5,10,12H,3,6-8H2,1H3/p+1/t10-/m1/s1. The number of quaternary nitrogens is 1. The van der Waals surface area contributed by atoms with E-state index < -0.39 is 0 Å². The molecule has 13 heavy (non-hydrogen) atoms. The Kier molecular flexibility index (Phi) is 2.60. The second kappa shape index (κ2) is 3.88. The summed E-state index contributed by atoms with van der Waals surface area (Å²) in [6, 6.07) is 7.09. The highest BCUT2D eigenvalue weighted by molar-refractivity contribution is 5.10. The monoisotopic (exact) mass is 177 g/mol. The van der Waals surface area contributed by atoms with E-state index in [9.17, 15) is 0 Å². The van der Waals surface area contributed by atoms with E-state index in [-0.39, 0.29) is 0 Å². The number of nitrogens with zero attached hydrogens (tertiary/aromatic N) is 1. The van der Waals surface area contributed by atoms with Gasteiger partial charge in [0.1, 0.15) is 0 Å². The average molecular weight is 177 g/mol. The van der Waals surface area contributed by atoms with Crippen LogP contribution in [0.25, 0.3) is 0 Å². The molecule has 1 saturated heterocycles. The lowest BCUT2D eigenvalue weighted by Crippen LogP contribution is -2.87. The molecule has 2 rings (SSSR count). The van der Waals surface area contributed by atoms with Gasteiger partial charge in [-0.25, -0.2) is 0 Å². The first-order valence-corrected chi connectivity index (χ1v) is 5.10. The predicted octanol–water partition coefficient (Wildman–Crippen LogP) is 0.658. The van der Waals surface area contributed by atoms with Crippen LogP contribution in [0.5, 0.6) is 0 Å². The zero-order chi connectivity index (χ0) is 9.10. The molecule has 2 nitrogen and oxygen atoms in total. The Bertz CT molecular complexity index is 277. The van der Waals surface area contributed by atoms with Crippen LogP contribution in [0.1, 0.15) is 24.2 Å². The zero-order valence-corrected chi connectivity index (χ0v) is 8.16. The maximum atomic E-state index is 4.52. The third kappa shape index (κ3) is 2.28. The topological polar surface area (TPSA) is 29.5 Å². The van der Waals surface area contributed by atoms with Crippen molar-refractivity contribution in [2.45, 2.75) is 32.2 Å². The number of nitrogens with two attached hydrogens (primary N) is 1. The minimum atomic E-state index is 0.786. The lowest BCUT2D eigenvalue weighted by atomic mass is 10.1. The van der Waals surface area contributed by atoms with Gasteiger partial charge in [0.2, 0.25) is 0 Å². The minimum absolute atomic E-state index is 0.786. The SMILES string of the molecule is Cc1cccc(C[C@H]2CCC[NH2+]2)n1. The number of rotatable bonds is 2. The molecule has 0 saturated carbocycles. The van der Waals surface area contributed by atoms with Crippen molar-refractivity contribution in [3.63, 3.8) is 0 Å². The summed E-state index contributed by atoms with van der Waals surface area (Å²) in [5.41, 5.74) is 2.39. The highest BCUT2D eigenvalue weighted by Crippen LogP contribution is 2.05. The maximum Gasteiger partial charge on any atom is 0.0917 e. The second-order valence-corrected chi connectivity index (χ2v) is 3.90. The fourth-order valence-electron chi connectivity index (χ4n) is 2.02. The first-order chi connectivity index (χ1) is 6.34. The molecule has 0 unspecified atom stereocenters. The van der Waals surface area contributed by atoms with Gasteiger partial charge in [0.25, 0.3) is 0 Å². The van der Waals surface area contributed by atoms with Crippen molar-refractivity contribution in [1.29, 1.82) is 0 Å². The van der Waals surface area contributed by atoms with E-state index in [1.165, 1.54) is 25.1 Å². The molecule has 1 aromatic rings. The molecule has 1 fully saturated rings. The van der Waals surface area contributed by atoms with E-state index in [1.54, 1.807) is 0 Å².